The minimum atomic E-state index is -0.526. The van der Waals surface area contributed by atoms with Gasteiger partial charge in [0, 0.05) is 30.9 Å². The van der Waals surface area contributed by atoms with Crippen molar-refractivity contribution in [3.8, 4) is 0 Å². The fourth-order valence-electron chi connectivity index (χ4n) is 2.02. The van der Waals surface area contributed by atoms with Crippen molar-refractivity contribution in [1.29, 1.82) is 0 Å². The SMILES string of the molecule is CN(C)c1cccc(C(=O)NNC(=O)CNC(=O)c2ccccc2)c1. The van der Waals surface area contributed by atoms with Crippen LogP contribution in [0.25, 0.3) is 0 Å². The summed E-state index contributed by atoms with van der Waals surface area (Å²) in [4.78, 5) is 37.5. The molecule has 0 aliphatic rings. The predicted molar refractivity (Wildman–Crippen MR) is 95.2 cm³/mol. The van der Waals surface area contributed by atoms with E-state index in [1.165, 1.54) is 0 Å². The Bertz CT molecular complexity index is 760. The minimum Gasteiger partial charge on any atom is -0.378 e. The summed E-state index contributed by atoms with van der Waals surface area (Å²) < 4.78 is 0. The molecular formula is C18H20N4O3. The van der Waals surface area contributed by atoms with Gasteiger partial charge in [0.2, 0.25) is 0 Å². The lowest BCUT2D eigenvalue weighted by atomic mass is 10.2. The van der Waals surface area contributed by atoms with Crippen LogP contribution in [0.4, 0.5) is 5.69 Å². The van der Waals surface area contributed by atoms with E-state index in [1.54, 1.807) is 48.5 Å². The van der Waals surface area contributed by atoms with E-state index in [-0.39, 0.29) is 12.5 Å². The molecule has 2 rings (SSSR count). The lowest BCUT2D eigenvalue weighted by Gasteiger charge is -2.13. The molecule has 0 saturated carbocycles. The van der Waals surface area contributed by atoms with Gasteiger partial charge in [-0.05, 0) is 30.3 Å². The maximum Gasteiger partial charge on any atom is 0.269 e. The number of nitrogens with zero attached hydrogens (tertiary/aromatic N) is 1. The number of hydrogen-bond acceptors (Lipinski definition) is 4. The summed E-state index contributed by atoms with van der Waals surface area (Å²) in [5.41, 5.74) is 6.33. The van der Waals surface area contributed by atoms with Crippen LogP contribution in [-0.2, 0) is 4.79 Å². The number of nitrogens with one attached hydrogen (secondary N) is 3. The molecule has 3 N–H and O–H groups in total. The maximum atomic E-state index is 12.1. The number of hydrazine groups is 1. The van der Waals surface area contributed by atoms with E-state index in [1.807, 2.05) is 25.1 Å². The first-order valence-corrected chi connectivity index (χ1v) is 7.67. The van der Waals surface area contributed by atoms with Gasteiger partial charge in [0.25, 0.3) is 17.7 Å². The van der Waals surface area contributed by atoms with Crippen molar-refractivity contribution in [1.82, 2.24) is 16.2 Å². The number of rotatable bonds is 5. The number of benzene rings is 2. The molecule has 0 heterocycles. The van der Waals surface area contributed by atoms with E-state index in [2.05, 4.69) is 16.2 Å². The first-order chi connectivity index (χ1) is 12.0. The third-order valence-corrected chi connectivity index (χ3v) is 3.39. The normalized spacial score (nSPS) is 9.84. The van der Waals surface area contributed by atoms with Gasteiger partial charge >= 0.3 is 0 Å². The summed E-state index contributed by atoms with van der Waals surface area (Å²) >= 11 is 0. The maximum absolute atomic E-state index is 12.1. The zero-order valence-electron chi connectivity index (χ0n) is 14.1. The van der Waals surface area contributed by atoms with Gasteiger partial charge in [0.15, 0.2) is 0 Å². The Morgan fingerprint density at radius 1 is 0.840 bits per heavy atom. The van der Waals surface area contributed by atoms with Crippen molar-refractivity contribution in [3.05, 3.63) is 65.7 Å². The van der Waals surface area contributed by atoms with E-state index in [0.29, 0.717) is 11.1 Å². The minimum absolute atomic E-state index is 0.244. The third kappa shape index (κ3) is 5.35. The number of amides is 3. The number of hydrogen-bond donors (Lipinski definition) is 3. The Balaban J connectivity index is 1.80. The van der Waals surface area contributed by atoms with Crippen LogP contribution in [0.2, 0.25) is 0 Å². The van der Waals surface area contributed by atoms with E-state index in [0.717, 1.165) is 5.69 Å². The standard InChI is InChI=1S/C18H20N4O3/c1-22(2)15-10-6-9-14(11-15)18(25)21-20-16(23)12-19-17(24)13-7-4-3-5-8-13/h3-11H,12H2,1-2H3,(H,19,24)(H,20,23)(H,21,25). The molecule has 0 atom stereocenters. The summed E-state index contributed by atoms with van der Waals surface area (Å²) in [5, 5.41) is 2.48. The molecule has 2 aromatic carbocycles. The first-order valence-electron chi connectivity index (χ1n) is 7.67. The molecular weight excluding hydrogens is 320 g/mol. The second kappa shape index (κ2) is 8.49. The van der Waals surface area contributed by atoms with Crippen LogP contribution in [0.5, 0.6) is 0 Å². The van der Waals surface area contributed by atoms with Crippen molar-refractivity contribution in [2.75, 3.05) is 25.5 Å². The summed E-state index contributed by atoms with van der Waals surface area (Å²) in [5.74, 6) is -1.33. The fourth-order valence-corrected chi connectivity index (χ4v) is 2.02. The Kier molecular flexibility index (Phi) is 6.11. The van der Waals surface area contributed by atoms with Gasteiger partial charge < -0.3 is 10.2 Å². The Morgan fingerprint density at radius 2 is 1.52 bits per heavy atom. The van der Waals surface area contributed by atoms with Crippen molar-refractivity contribution in [2.24, 2.45) is 0 Å². The van der Waals surface area contributed by atoms with E-state index < -0.39 is 11.8 Å². The highest BCUT2D eigenvalue weighted by atomic mass is 16.2. The highest BCUT2D eigenvalue weighted by Crippen LogP contribution is 2.12. The first kappa shape index (κ1) is 18.0. The van der Waals surface area contributed by atoms with Crippen LogP contribution >= 0.6 is 0 Å². The van der Waals surface area contributed by atoms with Crippen LogP contribution < -0.4 is 21.1 Å². The number of carbonyl (C=O) groups excluding carboxylic acids is 3. The van der Waals surface area contributed by atoms with Crippen molar-refractivity contribution < 1.29 is 14.4 Å². The molecule has 0 aromatic heterocycles. The second-order valence-corrected chi connectivity index (χ2v) is 5.50. The molecule has 0 fully saturated rings. The van der Waals surface area contributed by atoms with Gasteiger partial charge in [-0.25, -0.2) is 0 Å². The molecule has 3 amide bonds. The molecule has 2 aromatic rings. The van der Waals surface area contributed by atoms with Crippen molar-refractivity contribution in [2.45, 2.75) is 0 Å². The predicted octanol–water partition coefficient (Wildman–Crippen LogP) is 0.944. The quantitative estimate of drug-likeness (QED) is 0.707. The smallest absolute Gasteiger partial charge is 0.269 e. The molecule has 0 saturated heterocycles. The Labute approximate surface area is 146 Å². The van der Waals surface area contributed by atoms with E-state index in [4.69, 9.17) is 0 Å². The van der Waals surface area contributed by atoms with E-state index >= 15 is 0 Å². The highest BCUT2D eigenvalue weighted by Gasteiger charge is 2.10. The largest absolute Gasteiger partial charge is 0.378 e. The average Bonchev–Trinajstić information content (AvgIpc) is 2.64. The van der Waals surface area contributed by atoms with Crippen molar-refractivity contribution >= 4 is 23.4 Å². The number of carbonyl (C=O) groups is 3. The molecule has 0 radical (unpaired) electrons. The Morgan fingerprint density at radius 3 is 2.20 bits per heavy atom. The molecule has 0 unspecified atom stereocenters. The molecule has 25 heavy (non-hydrogen) atoms. The highest BCUT2D eigenvalue weighted by molar-refractivity contribution is 5.98. The topological polar surface area (TPSA) is 90.5 Å². The van der Waals surface area contributed by atoms with Crippen LogP contribution in [0.3, 0.4) is 0 Å². The third-order valence-electron chi connectivity index (χ3n) is 3.39. The van der Waals surface area contributed by atoms with Gasteiger partial charge in [0.05, 0.1) is 6.54 Å². The molecule has 0 bridgehead atoms. The van der Waals surface area contributed by atoms with Crippen LogP contribution in [0, 0.1) is 0 Å². The Hall–Kier alpha value is -3.35. The summed E-state index contributed by atoms with van der Waals surface area (Å²) in [7, 11) is 3.74. The second-order valence-electron chi connectivity index (χ2n) is 5.50. The summed E-state index contributed by atoms with van der Waals surface area (Å²) in [6, 6.07) is 15.5. The monoisotopic (exact) mass is 340 g/mol. The average molecular weight is 340 g/mol. The molecule has 0 aliphatic carbocycles. The lowest BCUT2D eigenvalue weighted by Crippen LogP contribution is -2.46. The van der Waals surface area contributed by atoms with Gasteiger partial charge in [0.1, 0.15) is 0 Å². The van der Waals surface area contributed by atoms with E-state index in [9.17, 15) is 14.4 Å². The van der Waals surface area contributed by atoms with Gasteiger partial charge in [-0.15, -0.1) is 0 Å². The number of anilines is 1. The molecule has 130 valence electrons. The fraction of sp³-hybridized carbons (Fsp3) is 0.167. The summed E-state index contributed by atoms with van der Waals surface area (Å²) in [6.45, 7) is -0.244. The van der Waals surface area contributed by atoms with Gasteiger partial charge in [-0.2, -0.15) is 0 Å². The molecule has 0 aliphatic heterocycles. The summed E-state index contributed by atoms with van der Waals surface area (Å²) in [6.07, 6.45) is 0. The van der Waals surface area contributed by atoms with Crippen LogP contribution in [0.1, 0.15) is 20.7 Å². The van der Waals surface area contributed by atoms with Crippen LogP contribution in [0.15, 0.2) is 54.6 Å². The van der Waals surface area contributed by atoms with Gasteiger partial charge in [-0.3, -0.25) is 25.2 Å². The zero-order chi connectivity index (χ0) is 18.2. The van der Waals surface area contributed by atoms with Crippen molar-refractivity contribution in [3.63, 3.8) is 0 Å². The van der Waals surface area contributed by atoms with Crippen LogP contribution in [-0.4, -0.2) is 38.4 Å². The molecule has 0 spiro atoms. The lowest BCUT2D eigenvalue weighted by molar-refractivity contribution is -0.120. The molecule has 7 nitrogen and oxygen atoms in total. The zero-order valence-corrected chi connectivity index (χ0v) is 14.1. The van der Waals surface area contributed by atoms with Gasteiger partial charge in [-0.1, -0.05) is 24.3 Å². The molecule has 7 heteroatoms.